The summed E-state index contributed by atoms with van der Waals surface area (Å²) >= 11 is 3.38. The smallest absolute Gasteiger partial charge is 0.0869 e. The van der Waals surface area contributed by atoms with Crippen LogP contribution in [-0.2, 0) is 0 Å². The number of terminal acetylenes is 1. The molecule has 2 aromatic carbocycles. The van der Waals surface area contributed by atoms with E-state index in [2.05, 4.69) is 32.1 Å². The van der Waals surface area contributed by atoms with Gasteiger partial charge in [-0.25, -0.2) is 0 Å². The lowest BCUT2D eigenvalue weighted by atomic mass is 10.2. The highest BCUT2D eigenvalue weighted by Gasteiger charge is 1.93. The van der Waals surface area contributed by atoms with E-state index in [4.69, 9.17) is 6.42 Å². The Morgan fingerprint density at radius 1 is 0.941 bits per heavy atom. The molecule has 0 aromatic heterocycles. The van der Waals surface area contributed by atoms with E-state index in [0.29, 0.717) is 0 Å². The van der Waals surface area contributed by atoms with Gasteiger partial charge in [-0.05, 0) is 36.4 Å². The molecule has 0 aliphatic carbocycles. The molecule has 0 saturated heterocycles. The van der Waals surface area contributed by atoms with E-state index in [9.17, 15) is 0 Å². The van der Waals surface area contributed by atoms with Crippen LogP contribution in [0, 0.1) is 12.3 Å². The highest BCUT2D eigenvalue weighted by Crippen LogP contribution is 2.21. The van der Waals surface area contributed by atoms with E-state index >= 15 is 0 Å². The van der Waals surface area contributed by atoms with Crippen LogP contribution < -0.4 is 0 Å². The van der Waals surface area contributed by atoms with Crippen molar-refractivity contribution >= 4 is 27.3 Å². The van der Waals surface area contributed by atoms with Gasteiger partial charge in [0.05, 0.1) is 11.4 Å². The van der Waals surface area contributed by atoms with Gasteiger partial charge in [0.1, 0.15) is 0 Å². The Bertz CT molecular complexity index is 597. The van der Waals surface area contributed by atoms with E-state index in [1.807, 2.05) is 48.5 Å². The zero-order valence-corrected chi connectivity index (χ0v) is 10.6. The number of nitrogens with zero attached hydrogens (tertiary/aromatic N) is 2. The van der Waals surface area contributed by atoms with Crippen molar-refractivity contribution < 1.29 is 0 Å². The second-order valence-corrected chi connectivity index (χ2v) is 4.29. The molecule has 0 bridgehead atoms. The van der Waals surface area contributed by atoms with Crippen LogP contribution >= 0.6 is 15.9 Å². The Labute approximate surface area is 109 Å². The molecule has 2 nitrogen and oxygen atoms in total. The Kier molecular flexibility index (Phi) is 3.69. The van der Waals surface area contributed by atoms with Crippen LogP contribution in [0.2, 0.25) is 0 Å². The van der Waals surface area contributed by atoms with Crippen LogP contribution in [0.4, 0.5) is 11.4 Å². The Morgan fingerprint density at radius 3 is 2.24 bits per heavy atom. The molecule has 17 heavy (non-hydrogen) atoms. The maximum absolute atomic E-state index is 5.32. The third-order valence-electron chi connectivity index (χ3n) is 2.10. The largest absolute Gasteiger partial charge is 0.151 e. The normalized spacial score (nSPS) is 10.4. The molecule has 0 N–H and O–H groups in total. The fourth-order valence-electron chi connectivity index (χ4n) is 1.31. The van der Waals surface area contributed by atoms with Gasteiger partial charge in [0, 0.05) is 10.0 Å². The monoisotopic (exact) mass is 284 g/mol. The summed E-state index contributed by atoms with van der Waals surface area (Å²) in [6.45, 7) is 0. The van der Waals surface area contributed by atoms with Crippen molar-refractivity contribution in [2.24, 2.45) is 10.2 Å². The zero-order chi connectivity index (χ0) is 12.1. The van der Waals surface area contributed by atoms with E-state index in [0.717, 1.165) is 21.4 Å². The van der Waals surface area contributed by atoms with Crippen LogP contribution in [0.15, 0.2) is 63.2 Å². The highest BCUT2D eigenvalue weighted by molar-refractivity contribution is 9.10. The molecular formula is C14H9BrN2. The second-order valence-electron chi connectivity index (χ2n) is 3.37. The standard InChI is InChI=1S/C14H9BrN2/c1-2-11-5-3-7-13(9-11)16-17-14-8-4-6-12(15)10-14/h1,3-10H. The molecule has 0 heterocycles. The van der Waals surface area contributed by atoms with Gasteiger partial charge in [-0.3, -0.25) is 0 Å². The van der Waals surface area contributed by atoms with Crippen LogP contribution in [0.3, 0.4) is 0 Å². The van der Waals surface area contributed by atoms with Crippen LogP contribution in [-0.4, -0.2) is 0 Å². The lowest BCUT2D eigenvalue weighted by Gasteiger charge is -1.95. The number of halogens is 1. The van der Waals surface area contributed by atoms with Gasteiger partial charge >= 0.3 is 0 Å². The van der Waals surface area contributed by atoms with Crippen LogP contribution in [0.5, 0.6) is 0 Å². The van der Waals surface area contributed by atoms with Crippen LogP contribution in [0.25, 0.3) is 0 Å². The van der Waals surface area contributed by atoms with Crippen molar-refractivity contribution in [3.63, 3.8) is 0 Å². The minimum Gasteiger partial charge on any atom is -0.151 e. The number of rotatable bonds is 2. The summed E-state index contributed by atoms with van der Waals surface area (Å²) in [4.78, 5) is 0. The molecular weight excluding hydrogens is 276 g/mol. The quantitative estimate of drug-likeness (QED) is 0.557. The predicted octanol–water partition coefficient (Wildman–Crippen LogP) is 4.85. The first-order valence-corrected chi connectivity index (χ1v) is 5.81. The van der Waals surface area contributed by atoms with Crippen molar-refractivity contribution in [2.75, 3.05) is 0 Å². The molecule has 0 spiro atoms. The third-order valence-corrected chi connectivity index (χ3v) is 2.60. The lowest BCUT2D eigenvalue weighted by Crippen LogP contribution is -1.71. The van der Waals surface area contributed by atoms with Crippen molar-refractivity contribution in [1.82, 2.24) is 0 Å². The van der Waals surface area contributed by atoms with Gasteiger partial charge < -0.3 is 0 Å². The SMILES string of the molecule is C#Cc1cccc(N=Nc2cccc(Br)c2)c1. The molecule has 2 rings (SSSR count). The number of hydrogen-bond acceptors (Lipinski definition) is 2. The van der Waals surface area contributed by atoms with Crippen molar-refractivity contribution in [3.8, 4) is 12.3 Å². The maximum Gasteiger partial charge on any atom is 0.0869 e. The average molecular weight is 285 g/mol. The molecule has 82 valence electrons. The molecule has 0 radical (unpaired) electrons. The van der Waals surface area contributed by atoms with Gasteiger partial charge in [0.2, 0.25) is 0 Å². The van der Waals surface area contributed by atoms with Crippen molar-refractivity contribution in [2.45, 2.75) is 0 Å². The topological polar surface area (TPSA) is 24.7 Å². The fraction of sp³-hybridized carbons (Fsp3) is 0. The number of hydrogen-bond donors (Lipinski definition) is 0. The van der Waals surface area contributed by atoms with E-state index in [1.165, 1.54) is 0 Å². The van der Waals surface area contributed by atoms with Gasteiger partial charge in [-0.2, -0.15) is 10.2 Å². The number of benzene rings is 2. The van der Waals surface area contributed by atoms with Gasteiger partial charge in [0.25, 0.3) is 0 Å². The summed E-state index contributed by atoms with van der Waals surface area (Å²) in [6, 6.07) is 15.1. The van der Waals surface area contributed by atoms with Gasteiger partial charge in [-0.15, -0.1) is 6.42 Å². The van der Waals surface area contributed by atoms with Crippen LogP contribution in [0.1, 0.15) is 5.56 Å². The third kappa shape index (κ3) is 3.27. The molecule has 3 heteroatoms. The van der Waals surface area contributed by atoms with E-state index in [-0.39, 0.29) is 0 Å². The first-order chi connectivity index (χ1) is 8.28. The fourth-order valence-corrected chi connectivity index (χ4v) is 1.70. The molecule has 0 amide bonds. The Balaban J connectivity index is 2.23. The first-order valence-electron chi connectivity index (χ1n) is 5.02. The molecule has 0 fully saturated rings. The van der Waals surface area contributed by atoms with Gasteiger partial charge in [0.15, 0.2) is 0 Å². The lowest BCUT2D eigenvalue weighted by molar-refractivity contribution is 1.23. The van der Waals surface area contributed by atoms with E-state index in [1.54, 1.807) is 0 Å². The summed E-state index contributed by atoms with van der Waals surface area (Å²) in [5, 5.41) is 8.27. The van der Waals surface area contributed by atoms with E-state index < -0.39 is 0 Å². The highest BCUT2D eigenvalue weighted by atomic mass is 79.9. The summed E-state index contributed by atoms with van der Waals surface area (Å²) in [5.74, 6) is 2.57. The van der Waals surface area contributed by atoms with Crippen molar-refractivity contribution in [3.05, 3.63) is 58.6 Å². The molecule has 2 aromatic rings. The summed E-state index contributed by atoms with van der Waals surface area (Å²) in [7, 11) is 0. The minimum absolute atomic E-state index is 0.750. The molecule has 0 aliphatic heterocycles. The Morgan fingerprint density at radius 2 is 1.59 bits per heavy atom. The summed E-state index contributed by atoms with van der Waals surface area (Å²) < 4.78 is 0.978. The maximum atomic E-state index is 5.32. The molecule has 0 unspecified atom stereocenters. The minimum atomic E-state index is 0.750. The Hall–Kier alpha value is -1.92. The number of azo groups is 1. The summed E-state index contributed by atoms with van der Waals surface area (Å²) in [6.07, 6.45) is 5.32. The first kappa shape index (κ1) is 11.6. The summed E-state index contributed by atoms with van der Waals surface area (Å²) in [5.41, 5.74) is 2.35. The second kappa shape index (κ2) is 5.42. The molecule has 0 saturated carbocycles. The molecule has 0 aliphatic rings. The predicted molar refractivity (Wildman–Crippen MR) is 72.7 cm³/mol. The molecule has 0 atom stereocenters. The van der Waals surface area contributed by atoms with Gasteiger partial charge in [-0.1, -0.05) is 34.0 Å². The van der Waals surface area contributed by atoms with Crippen molar-refractivity contribution in [1.29, 1.82) is 0 Å². The zero-order valence-electron chi connectivity index (χ0n) is 8.97. The average Bonchev–Trinajstić information content (AvgIpc) is 2.37.